The second kappa shape index (κ2) is 5.04. The summed E-state index contributed by atoms with van der Waals surface area (Å²) in [5.41, 5.74) is 1.43. The number of esters is 1. The van der Waals surface area contributed by atoms with E-state index in [1.807, 2.05) is 0 Å². The lowest BCUT2D eigenvalue weighted by Crippen LogP contribution is -2.50. The lowest BCUT2D eigenvalue weighted by Gasteiger charge is -2.50. The number of hydrogen-bond donors (Lipinski definition) is 0. The van der Waals surface area contributed by atoms with Gasteiger partial charge in [-0.25, -0.2) is 0 Å². The van der Waals surface area contributed by atoms with Crippen molar-refractivity contribution in [2.24, 2.45) is 17.3 Å². The Hall–Kier alpha value is -0.830. The van der Waals surface area contributed by atoms with Gasteiger partial charge in [0.15, 0.2) is 0 Å². The van der Waals surface area contributed by atoms with Gasteiger partial charge in [-0.2, -0.15) is 0 Å². The predicted octanol–water partition coefficient (Wildman–Crippen LogP) is 2.95. The summed E-state index contributed by atoms with van der Waals surface area (Å²) in [6.07, 6.45) is 4.82. The number of fused-ring (bicyclic) bond motifs is 2. The van der Waals surface area contributed by atoms with Crippen molar-refractivity contribution in [3.8, 4) is 0 Å². The largest absolute Gasteiger partial charge is 0.465 e. The molecular weight excluding hydrogens is 228 g/mol. The Morgan fingerprint density at radius 2 is 2.33 bits per heavy atom. The van der Waals surface area contributed by atoms with Crippen LogP contribution in [0.1, 0.15) is 40.5 Å². The Bertz CT molecular complexity index is 361. The van der Waals surface area contributed by atoms with Gasteiger partial charge < -0.3 is 9.47 Å². The van der Waals surface area contributed by atoms with Crippen molar-refractivity contribution in [2.45, 2.75) is 46.6 Å². The molecule has 1 saturated heterocycles. The molecule has 1 fully saturated rings. The van der Waals surface area contributed by atoms with Crippen LogP contribution in [0.25, 0.3) is 0 Å². The Balaban J connectivity index is 2.19. The van der Waals surface area contributed by atoms with E-state index in [-0.39, 0.29) is 11.4 Å². The minimum Gasteiger partial charge on any atom is -0.465 e. The van der Waals surface area contributed by atoms with Crippen molar-refractivity contribution >= 4 is 5.97 Å². The van der Waals surface area contributed by atoms with Crippen LogP contribution in [0.5, 0.6) is 0 Å². The molecule has 0 aromatic rings. The average molecular weight is 252 g/mol. The SMILES string of the molecule is CCC1OC[C@]2(COC(C)=O)C[C@H]1C(C)=CC2C. The molecule has 1 aliphatic carbocycles. The summed E-state index contributed by atoms with van der Waals surface area (Å²) >= 11 is 0. The van der Waals surface area contributed by atoms with E-state index in [1.165, 1.54) is 12.5 Å². The van der Waals surface area contributed by atoms with E-state index in [1.54, 1.807) is 0 Å². The highest BCUT2D eigenvalue weighted by atomic mass is 16.5. The zero-order chi connectivity index (χ0) is 13.3. The van der Waals surface area contributed by atoms with E-state index in [4.69, 9.17) is 9.47 Å². The minimum atomic E-state index is -0.197. The zero-order valence-corrected chi connectivity index (χ0v) is 11.9. The molecular formula is C15H24O3. The molecule has 2 aliphatic rings. The standard InChI is InChI=1S/C15H24O3/c1-5-14-13-7-15(9-18-14,8-17-12(4)16)11(3)6-10(13)2/h6,11,13-14H,5,7-9H2,1-4H3/t11?,13-,14?,15+/m0/s1. The van der Waals surface area contributed by atoms with E-state index >= 15 is 0 Å². The number of carbonyl (C=O) groups is 1. The number of carbonyl (C=O) groups excluding carboxylic acids is 1. The first-order chi connectivity index (χ1) is 8.48. The molecule has 3 heteroatoms. The Labute approximate surface area is 110 Å². The third-order valence-electron chi connectivity index (χ3n) is 4.69. The van der Waals surface area contributed by atoms with E-state index in [0.29, 0.717) is 31.2 Å². The van der Waals surface area contributed by atoms with Gasteiger partial charge in [-0.1, -0.05) is 25.5 Å². The molecule has 4 atom stereocenters. The van der Waals surface area contributed by atoms with Gasteiger partial charge in [-0.15, -0.1) is 0 Å². The molecule has 0 radical (unpaired) electrons. The summed E-state index contributed by atoms with van der Waals surface area (Å²) in [6.45, 7) is 9.25. The monoisotopic (exact) mass is 252 g/mol. The van der Waals surface area contributed by atoms with Crippen LogP contribution in [0, 0.1) is 17.3 Å². The molecule has 2 bridgehead atoms. The number of hydrogen-bond acceptors (Lipinski definition) is 3. The normalized spacial score (nSPS) is 39.1. The highest BCUT2D eigenvalue weighted by Crippen LogP contribution is 2.49. The van der Waals surface area contributed by atoms with E-state index in [0.717, 1.165) is 12.8 Å². The average Bonchev–Trinajstić information content (AvgIpc) is 2.34. The van der Waals surface area contributed by atoms with Crippen molar-refractivity contribution in [2.75, 3.05) is 13.2 Å². The summed E-state index contributed by atoms with van der Waals surface area (Å²) < 4.78 is 11.3. The number of ether oxygens (including phenoxy) is 2. The fourth-order valence-electron chi connectivity index (χ4n) is 3.36. The molecule has 0 spiro atoms. The maximum Gasteiger partial charge on any atom is 0.302 e. The molecule has 102 valence electrons. The first kappa shape index (κ1) is 13.6. The van der Waals surface area contributed by atoms with Gasteiger partial charge in [0.05, 0.1) is 19.3 Å². The van der Waals surface area contributed by atoms with Gasteiger partial charge in [0.2, 0.25) is 0 Å². The first-order valence-electron chi connectivity index (χ1n) is 6.92. The van der Waals surface area contributed by atoms with Crippen LogP contribution in [0.2, 0.25) is 0 Å². The molecule has 3 nitrogen and oxygen atoms in total. The van der Waals surface area contributed by atoms with Crippen LogP contribution in [0.4, 0.5) is 0 Å². The van der Waals surface area contributed by atoms with Crippen LogP contribution in [0.3, 0.4) is 0 Å². The molecule has 0 amide bonds. The molecule has 1 aliphatic heterocycles. The zero-order valence-electron chi connectivity index (χ0n) is 11.9. The van der Waals surface area contributed by atoms with Crippen LogP contribution in [-0.4, -0.2) is 25.3 Å². The fourth-order valence-corrected chi connectivity index (χ4v) is 3.36. The topological polar surface area (TPSA) is 35.5 Å². The highest BCUT2D eigenvalue weighted by Gasteiger charge is 2.48. The van der Waals surface area contributed by atoms with Crippen molar-refractivity contribution < 1.29 is 14.3 Å². The van der Waals surface area contributed by atoms with Crippen LogP contribution in [-0.2, 0) is 14.3 Å². The van der Waals surface area contributed by atoms with E-state index in [2.05, 4.69) is 26.8 Å². The summed E-state index contributed by atoms with van der Waals surface area (Å²) in [4.78, 5) is 11.1. The maximum absolute atomic E-state index is 11.1. The second-order valence-corrected chi connectivity index (χ2v) is 5.91. The van der Waals surface area contributed by atoms with Gasteiger partial charge in [0.1, 0.15) is 0 Å². The number of rotatable bonds is 3. The summed E-state index contributed by atoms with van der Waals surface area (Å²) in [6, 6.07) is 0. The van der Waals surface area contributed by atoms with Crippen molar-refractivity contribution in [3.63, 3.8) is 0 Å². The Morgan fingerprint density at radius 1 is 1.61 bits per heavy atom. The van der Waals surface area contributed by atoms with Gasteiger partial charge in [-0.05, 0) is 25.7 Å². The van der Waals surface area contributed by atoms with Crippen LogP contribution in [0.15, 0.2) is 11.6 Å². The molecule has 2 rings (SSSR count). The molecule has 2 unspecified atom stereocenters. The van der Waals surface area contributed by atoms with Crippen molar-refractivity contribution in [1.29, 1.82) is 0 Å². The molecule has 0 N–H and O–H groups in total. The highest BCUT2D eigenvalue weighted by molar-refractivity contribution is 5.65. The lowest BCUT2D eigenvalue weighted by molar-refractivity contribution is -0.161. The third-order valence-corrected chi connectivity index (χ3v) is 4.69. The summed E-state index contributed by atoms with van der Waals surface area (Å²) in [5, 5.41) is 0. The second-order valence-electron chi connectivity index (χ2n) is 5.91. The van der Waals surface area contributed by atoms with Gasteiger partial charge in [-0.3, -0.25) is 4.79 Å². The Morgan fingerprint density at radius 3 is 2.94 bits per heavy atom. The molecule has 0 aromatic carbocycles. The van der Waals surface area contributed by atoms with Crippen LogP contribution < -0.4 is 0 Å². The van der Waals surface area contributed by atoms with Crippen molar-refractivity contribution in [1.82, 2.24) is 0 Å². The summed E-state index contributed by atoms with van der Waals surface area (Å²) in [5.74, 6) is 0.707. The molecule has 1 heterocycles. The first-order valence-corrected chi connectivity index (χ1v) is 6.92. The smallest absolute Gasteiger partial charge is 0.302 e. The summed E-state index contributed by atoms with van der Waals surface area (Å²) in [7, 11) is 0. The van der Waals surface area contributed by atoms with E-state index < -0.39 is 0 Å². The lowest BCUT2D eigenvalue weighted by atomic mass is 9.62. The van der Waals surface area contributed by atoms with E-state index in [9.17, 15) is 4.79 Å². The minimum absolute atomic E-state index is 0.0124. The Kier molecular flexibility index (Phi) is 3.81. The van der Waals surface area contributed by atoms with Gasteiger partial charge in [0, 0.05) is 18.3 Å². The van der Waals surface area contributed by atoms with Gasteiger partial charge >= 0.3 is 5.97 Å². The van der Waals surface area contributed by atoms with Gasteiger partial charge in [0.25, 0.3) is 0 Å². The van der Waals surface area contributed by atoms with Crippen molar-refractivity contribution in [3.05, 3.63) is 11.6 Å². The quantitative estimate of drug-likeness (QED) is 0.572. The molecule has 18 heavy (non-hydrogen) atoms. The molecule has 0 aromatic heterocycles. The third kappa shape index (κ3) is 2.33. The maximum atomic E-state index is 11.1. The number of allylic oxidation sites excluding steroid dienone is 1. The predicted molar refractivity (Wildman–Crippen MR) is 70.1 cm³/mol. The molecule has 0 saturated carbocycles. The van der Waals surface area contributed by atoms with Crippen LogP contribution >= 0.6 is 0 Å². The fraction of sp³-hybridized carbons (Fsp3) is 0.800.